The molecule has 1 atom stereocenters. The molecule has 4 heterocycles. The lowest BCUT2D eigenvalue weighted by Crippen LogP contribution is -2.54. The Balaban J connectivity index is 1.58. The minimum atomic E-state index is -0.307. The van der Waals surface area contributed by atoms with Crippen LogP contribution in [0.4, 0.5) is 4.79 Å². The molecule has 3 fully saturated rings. The number of rotatable bonds is 3. The molecule has 3 aliphatic heterocycles. The number of hydrogen-bond donors (Lipinski definition) is 0. The highest BCUT2D eigenvalue weighted by Gasteiger charge is 2.64. The van der Waals surface area contributed by atoms with Crippen molar-refractivity contribution in [1.82, 2.24) is 24.6 Å². The molecule has 1 aromatic rings. The second-order valence-electron chi connectivity index (χ2n) is 9.17. The van der Waals surface area contributed by atoms with Gasteiger partial charge in [-0.1, -0.05) is 6.07 Å². The monoisotopic (exact) mass is 399 g/mol. The van der Waals surface area contributed by atoms with Crippen LogP contribution in [-0.4, -0.2) is 89.9 Å². The Kier molecular flexibility index (Phi) is 5.27. The van der Waals surface area contributed by atoms with Gasteiger partial charge in [-0.3, -0.25) is 14.7 Å². The van der Waals surface area contributed by atoms with E-state index < -0.39 is 0 Å². The van der Waals surface area contributed by atoms with E-state index >= 15 is 0 Å². The third-order valence-corrected chi connectivity index (χ3v) is 7.42. The normalized spacial score (nSPS) is 26.7. The minimum absolute atomic E-state index is 0.0424. The summed E-state index contributed by atoms with van der Waals surface area (Å²) in [6, 6.07) is 4.16. The molecule has 0 aromatic carbocycles. The Bertz CT molecular complexity index is 760. The van der Waals surface area contributed by atoms with Crippen molar-refractivity contribution in [3.05, 3.63) is 30.1 Å². The fourth-order valence-electron chi connectivity index (χ4n) is 5.87. The number of likely N-dealkylation sites (tertiary alicyclic amines) is 3. The Morgan fingerprint density at radius 2 is 1.93 bits per heavy atom. The van der Waals surface area contributed by atoms with Gasteiger partial charge in [0, 0.05) is 77.7 Å². The van der Waals surface area contributed by atoms with Crippen LogP contribution in [0.2, 0.25) is 0 Å². The molecule has 29 heavy (non-hydrogen) atoms. The van der Waals surface area contributed by atoms with E-state index in [9.17, 15) is 9.59 Å². The number of amides is 3. The van der Waals surface area contributed by atoms with Crippen molar-refractivity contribution in [1.29, 1.82) is 0 Å². The zero-order valence-electron chi connectivity index (χ0n) is 17.9. The van der Waals surface area contributed by atoms with Crippen molar-refractivity contribution in [2.45, 2.75) is 32.7 Å². The highest BCUT2D eigenvalue weighted by Crippen LogP contribution is 2.58. The predicted molar refractivity (Wildman–Crippen MR) is 111 cm³/mol. The molecule has 4 rings (SSSR count). The van der Waals surface area contributed by atoms with Crippen LogP contribution >= 0.6 is 0 Å². The Morgan fingerprint density at radius 1 is 1.17 bits per heavy atom. The summed E-state index contributed by atoms with van der Waals surface area (Å²) in [6.45, 7) is 7.76. The largest absolute Gasteiger partial charge is 0.342 e. The summed E-state index contributed by atoms with van der Waals surface area (Å²) in [7, 11) is 3.61. The minimum Gasteiger partial charge on any atom is -0.342 e. The van der Waals surface area contributed by atoms with E-state index in [0.717, 1.165) is 65.1 Å². The Labute approximate surface area is 173 Å². The predicted octanol–water partition coefficient (Wildman–Crippen LogP) is 1.90. The van der Waals surface area contributed by atoms with E-state index in [-0.39, 0.29) is 16.9 Å². The number of nitrogens with zero attached hydrogens (tertiary/aromatic N) is 5. The summed E-state index contributed by atoms with van der Waals surface area (Å²) in [5.41, 5.74) is 0.843. The molecule has 0 aliphatic carbocycles. The molecule has 3 saturated heterocycles. The standard InChI is InChI=1S/C22H33N5O2/c1-4-26-13-9-22(19(26)28)17-25(15-18-6-5-10-23-14-18)16-21(22)7-11-27(12-8-21)20(29)24(2)3/h5-6,10,14H,4,7-9,11-13,15-17H2,1-3H3. The zero-order chi connectivity index (χ0) is 20.6. The lowest BCUT2D eigenvalue weighted by Gasteiger charge is -2.47. The van der Waals surface area contributed by atoms with Crippen LogP contribution in [0.15, 0.2) is 24.5 Å². The van der Waals surface area contributed by atoms with Gasteiger partial charge >= 0.3 is 6.03 Å². The van der Waals surface area contributed by atoms with E-state index in [1.165, 1.54) is 5.56 Å². The van der Waals surface area contributed by atoms with Crippen molar-refractivity contribution >= 4 is 11.9 Å². The fourth-order valence-corrected chi connectivity index (χ4v) is 5.87. The molecular formula is C22H33N5O2. The molecule has 0 saturated carbocycles. The number of aromatic nitrogens is 1. The number of piperidine rings is 1. The van der Waals surface area contributed by atoms with Crippen molar-refractivity contribution < 1.29 is 9.59 Å². The van der Waals surface area contributed by atoms with Crippen LogP contribution in [-0.2, 0) is 11.3 Å². The molecule has 1 unspecified atom stereocenters. The van der Waals surface area contributed by atoms with Gasteiger partial charge in [-0.05, 0) is 37.8 Å². The topological polar surface area (TPSA) is 60.0 Å². The molecule has 7 nitrogen and oxygen atoms in total. The summed E-state index contributed by atoms with van der Waals surface area (Å²) >= 11 is 0. The van der Waals surface area contributed by atoms with Gasteiger partial charge in [0.05, 0.1) is 5.41 Å². The van der Waals surface area contributed by atoms with Crippen molar-refractivity contribution in [3.8, 4) is 0 Å². The Morgan fingerprint density at radius 3 is 2.52 bits per heavy atom. The van der Waals surface area contributed by atoms with Gasteiger partial charge in [0.2, 0.25) is 5.91 Å². The van der Waals surface area contributed by atoms with Crippen LogP contribution < -0.4 is 0 Å². The number of hydrogen-bond acceptors (Lipinski definition) is 4. The van der Waals surface area contributed by atoms with E-state index in [0.29, 0.717) is 5.91 Å². The summed E-state index contributed by atoms with van der Waals surface area (Å²) in [5, 5.41) is 0. The van der Waals surface area contributed by atoms with Crippen LogP contribution in [0.25, 0.3) is 0 Å². The maximum Gasteiger partial charge on any atom is 0.319 e. The van der Waals surface area contributed by atoms with Gasteiger partial charge in [0.1, 0.15) is 0 Å². The van der Waals surface area contributed by atoms with Gasteiger partial charge in [0.25, 0.3) is 0 Å². The summed E-state index contributed by atoms with van der Waals surface area (Å²) in [5.74, 6) is 0.334. The molecular weight excluding hydrogens is 366 g/mol. The highest BCUT2D eigenvalue weighted by atomic mass is 16.2. The molecule has 1 aromatic heterocycles. The van der Waals surface area contributed by atoms with Crippen molar-refractivity contribution in [2.24, 2.45) is 10.8 Å². The van der Waals surface area contributed by atoms with E-state index in [1.807, 2.05) is 22.1 Å². The molecule has 158 valence electrons. The first-order valence-corrected chi connectivity index (χ1v) is 10.8. The van der Waals surface area contributed by atoms with Crippen LogP contribution in [0.3, 0.4) is 0 Å². The first-order chi connectivity index (χ1) is 13.9. The van der Waals surface area contributed by atoms with Gasteiger partial charge in [-0.2, -0.15) is 0 Å². The Hall–Kier alpha value is -2.15. The second-order valence-corrected chi connectivity index (χ2v) is 9.17. The van der Waals surface area contributed by atoms with E-state index in [4.69, 9.17) is 0 Å². The quantitative estimate of drug-likeness (QED) is 0.779. The number of fused-ring (bicyclic) bond motifs is 1. The summed E-state index contributed by atoms with van der Waals surface area (Å²) < 4.78 is 0. The van der Waals surface area contributed by atoms with Gasteiger partial charge in [-0.25, -0.2) is 4.79 Å². The molecule has 3 amide bonds. The molecule has 0 bridgehead atoms. The summed E-state index contributed by atoms with van der Waals surface area (Å²) in [6.07, 6.45) is 6.46. The van der Waals surface area contributed by atoms with E-state index in [1.54, 1.807) is 25.2 Å². The fraction of sp³-hybridized carbons (Fsp3) is 0.682. The second kappa shape index (κ2) is 7.59. The van der Waals surface area contributed by atoms with Crippen LogP contribution in [0.1, 0.15) is 31.7 Å². The van der Waals surface area contributed by atoms with E-state index in [2.05, 4.69) is 22.9 Å². The average Bonchev–Trinajstić information content (AvgIpc) is 3.20. The maximum absolute atomic E-state index is 13.6. The van der Waals surface area contributed by atoms with Gasteiger partial charge in [-0.15, -0.1) is 0 Å². The number of carbonyl (C=O) groups is 2. The molecule has 7 heteroatoms. The SMILES string of the molecule is CCN1CCC2(CN(Cc3cccnc3)CC23CCN(C(=O)N(C)C)CC3)C1=O. The number of carbonyl (C=O) groups excluding carboxylic acids is 2. The van der Waals surface area contributed by atoms with Gasteiger partial charge in [0.15, 0.2) is 0 Å². The smallest absolute Gasteiger partial charge is 0.319 e. The number of urea groups is 1. The number of pyridine rings is 1. The zero-order valence-corrected chi connectivity index (χ0v) is 17.9. The first kappa shape index (κ1) is 20.1. The van der Waals surface area contributed by atoms with Crippen molar-refractivity contribution in [2.75, 3.05) is 53.4 Å². The van der Waals surface area contributed by atoms with Gasteiger partial charge < -0.3 is 14.7 Å². The van der Waals surface area contributed by atoms with Crippen LogP contribution in [0.5, 0.6) is 0 Å². The summed E-state index contributed by atoms with van der Waals surface area (Å²) in [4.78, 5) is 38.3. The lowest BCUT2D eigenvalue weighted by atomic mass is 9.60. The highest BCUT2D eigenvalue weighted by molar-refractivity contribution is 5.87. The molecule has 0 N–H and O–H groups in total. The van der Waals surface area contributed by atoms with Crippen LogP contribution in [0, 0.1) is 10.8 Å². The first-order valence-electron chi connectivity index (χ1n) is 10.8. The third-order valence-electron chi connectivity index (χ3n) is 7.42. The van der Waals surface area contributed by atoms with Crippen molar-refractivity contribution in [3.63, 3.8) is 0 Å². The maximum atomic E-state index is 13.6. The molecule has 2 spiro atoms. The molecule has 0 radical (unpaired) electrons. The third kappa shape index (κ3) is 3.29. The average molecular weight is 400 g/mol. The lowest BCUT2D eigenvalue weighted by molar-refractivity contribution is -0.141. The molecule has 3 aliphatic rings.